The van der Waals surface area contributed by atoms with Crippen LogP contribution in [0.4, 0.5) is 0 Å². The van der Waals surface area contributed by atoms with E-state index < -0.39 is 0 Å². The summed E-state index contributed by atoms with van der Waals surface area (Å²) in [6.45, 7) is 1.77. The van der Waals surface area contributed by atoms with Crippen LogP contribution in [0.3, 0.4) is 0 Å². The molecule has 52 valence electrons. The maximum atomic E-state index is 9.11. The molecule has 0 fully saturated rings. The predicted molar refractivity (Wildman–Crippen MR) is 45.3 cm³/mol. The van der Waals surface area contributed by atoms with Gasteiger partial charge in [-0.05, 0) is 12.5 Å². The van der Waals surface area contributed by atoms with Gasteiger partial charge in [0.2, 0.25) is 0 Å². The molecule has 1 aromatic carbocycles. The third kappa shape index (κ3) is 1.61. The maximum absolute atomic E-state index is 9.11. The van der Waals surface area contributed by atoms with Crippen molar-refractivity contribution in [2.24, 2.45) is 0 Å². The van der Waals surface area contributed by atoms with E-state index in [9.17, 15) is 0 Å². The van der Waals surface area contributed by atoms with Crippen LogP contribution in [0.2, 0.25) is 0 Å². The highest BCUT2D eigenvalue weighted by atomic mass is 16.3. The van der Waals surface area contributed by atoms with Gasteiger partial charge in [0.1, 0.15) is 7.85 Å². The average molecular weight is 134 g/mol. The molecule has 2 heteroatoms. The Bertz CT molecular complexity index is 203. The van der Waals surface area contributed by atoms with Crippen LogP contribution in [-0.4, -0.2) is 13.0 Å². The van der Waals surface area contributed by atoms with Gasteiger partial charge in [0.05, 0.1) is 6.10 Å². The van der Waals surface area contributed by atoms with E-state index >= 15 is 0 Å². The number of benzene rings is 1. The highest BCUT2D eigenvalue weighted by Gasteiger charge is 1.96. The van der Waals surface area contributed by atoms with E-state index in [4.69, 9.17) is 5.11 Å². The van der Waals surface area contributed by atoms with E-state index in [0.29, 0.717) is 0 Å². The fourth-order valence-corrected chi connectivity index (χ4v) is 0.845. The lowest BCUT2D eigenvalue weighted by Gasteiger charge is -2.03. The standard InChI is InChI=1S/C8H11BO/c1-6(10)7-2-4-8(9)5-3-7/h2-6,10H,9H2,1H3. The van der Waals surface area contributed by atoms with Crippen molar-refractivity contribution in [1.29, 1.82) is 0 Å². The Morgan fingerprint density at radius 3 is 2.20 bits per heavy atom. The van der Waals surface area contributed by atoms with Crippen molar-refractivity contribution in [1.82, 2.24) is 0 Å². The molecular formula is C8H11BO. The summed E-state index contributed by atoms with van der Waals surface area (Å²) < 4.78 is 0. The van der Waals surface area contributed by atoms with Crippen molar-refractivity contribution < 1.29 is 5.11 Å². The molecular weight excluding hydrogens is 123 g/mol. The largest absolute Gasteiger partial charge is 0.389 e. The summed E-state index contributed by atoms with van der Waals surface area (Å²) in [5.41, 5.74) is 2.20. The lowest BCUT2D eigenvalue weighted by atomic mass is 9.94. The lowest BCUT2D eigenvalue weighted by molar-refractivity contribution is 0.199. The van der Waals surface area contributed by atoms with Gasteiger partial charge >= 0.3 is 0 Å². The molecule has 0 amide bonds. The van der Waals surface area contributed by atoms with Gasteiger partial charge in [0.15, 0.2) is 0 Å². The Labute approximate surface area is 62.1 Å². The quantitative estimate of drug-likeness (QED) is 0.536. The molecule has 1 aromatic rings. The summed E-state index contributed by atoms with van der Waals surface area (Å²) >= 11 is 0. The first-order chi connectivity index (χ1) is 4.70. The van der Waals surface area contributed by atoms with Gasteiger partial charge in [0, 0.05) is 0 Å². The highest BCUT2D eigenvalue weighted by molar-refractivity contribution is 6.32. The zero-order valence-corrected chi connectivity index (χ0v) is 6.33. The summed E-state index contributed by atoms with van der Waals surface area (Å²) in [4.78, 5) is 0. The molecule has 0 aliphatic carbocycles. The predicted octanol–water partition coefficient (Wildman–Crippen LogP) is -0.00170. The van der Waals surface area contributed by atoms with Gasteiger partial charge in [-0.3, -0.25) is 0 Å². The Kier molecular flexibility index (Phi) is 2.12. The number of aliphatic hydroxyl groups excluding tert-OH is 1. The minimum Gasteiger partial charge on any atom is -0.389 e. The van der Waals surface area contributed by atoms with Crippen molar-refractivity contribution in [3.05, 3.63) is 29.8 Å². The molecule has 1 rings (SSSR count). The molecule has 0 aromatic heterocycles. The van der Waals surface area contributed by atoms with Crippen LogP contribution in [0, 0.1) is 0 Å². The van der Waals surface area contributed by atoms with Crippen molar-refractivity contribution in [2.75, 3.05) is 0 Å². The molecule has 0 aliphatic heterocycles. The molecule has 1 unspecified atom stereocenters. The second kappa shape index (κ2) is 2.89. The van der Waals surface area contributed by atoms with Gasteiger partial charge in [-0.25, -0.2) is 0 Å². The fraction of sp³-hybridized carbons (Fsp3) is 0.250. The van der Waals surface area contributed by atoms with E-state index in [2.05, 4.69) is 0 Å². The Balaban J connectivity index is 2.89. The molecule has 1 atom stereocenters. The molecule has 0 bridgehead atoms. The number of aliphatic hydroxyl groups is 1. The summed E-state index contributed by atoms with van der Waals surface area (Å²) in [5.74, 6) is 0. The van der Waals surface area contributed by atoms with E-state index in [-0.39, 0.29) is 6.10 Å². The van der Waals surface area contributed by atoms with E-state index in [1.807, 2.05) is 32.1 Å². The minimum absolute atomic E-state index is 0.347. The zero-order valence-electron chi connectivity index (χ0n) is 6.33. The fourth-order valence-electron chi connectivity index (χ4n) is 0.845. The smallest absolute Gasteiger partial charge is 0.139 e. The van der Waals surface area contributed by atoms with E-state index in [0.717, 1.165) is 5.56 Å². The minimum atomic E-state index is -0.347. The topological polar surface area (TPSA) is 20.2 Å². The molecule has 0 aliphatic rings. The van der Waals surface area contributed by atoms with Crippen LogP contribution in [0.15, 0.2) is 24.3 Å². The molecule has 10 heavy (non-hydrogen) atoms. The summed E-state index contributed by atoms with van der Waals surface area (Å²) in [6.07, 6.45) is -0.347. The number of hydrogen-bond donors (Lipinski definition) is 1. The Hall–Kier alpha value is -0.755. The molecule has 0 saturated heterocycles. The summed E-state index contributed by atoms with van der Waals surface area (Å²) in [5, 5.41) is 9.11. The van der Waals surface area contributed by atoms with Crippen LogP contribution in [0.25, 0.3) is 0 Å². The van der Waals surface area contributed by atoms with Crippen LogP contribution in [0.5, 0.6) is 0 Å². The molecule has 0 heterocycles. The summed E-state index contributed by atoms with van der Waals surface area (Å²) in [7, 11) is 2.03. The SMILES string of the molecule is Bc1ccc(C(C)O)cc1. The molecule has 0 saturated carbocycles. The Morgan fingerprint density at radius 1 is 1.30 bits per heavy atom. The lowest BCUT2D eigenvalue weighted by Crippen LogP contribution is -2.01. The van der Waals surface area contributed by atoms with Gasteiger partial charge in [-0.2, -0.15) is 0 Å². The van der Waals surface area contributed by atoms with Gasteiger partial charge in [-0.15, -0.1) is 0 Å². The van der Waals surface area contributed by atoms with E-state index in [1.54, 1.807) is 6.92 Å². The average Bonchev–Trinajstić information content (AvgIpc) is 1.88. The number of rotatable bonds is 1. The highest BCUT2D eigenvalue weighted by Crippen LogP contribution is 2.08. The van der Waals surface area contributed by atoms with Crippen LogP contribution in [-0.2, 0) is 0 Å². The maximum Gasteiger partial charge on any atom is 0.139 e. The molecule has 0 radical (unpaired) electrons. The summed E-state index contributed by atoms with van der Waals surface area (Å²) in [6, 6.07) is 7.89. The molecule has 1 N–H and O–H groups in total. The van der Waals surface area contributed by atoms with Crippen molar-refractivity contribution in [2.45, 2.75) is 13.0 Å². The van der Waals surface area contributed by atoms with Gasteiger partial charge in [0.25, 0.3) is 0 Å². The van der Waals surface area contributed by atoms with Crippen LogP contribution in [0.1, 0.15) is 18.6 Å². The third-order valence-corrected chi connectivity index (χ3v) is 1.56. The molecule has 0 spiro atoms. The first kappa shape index (κ1) is 7.35. The Morgan fingerprint density at radius 2 is 1.80 bits per heavy atom. The first-order valence-electron chi connectivity index (χ1n) is 3.45. The van der Waals surface area contributed by atoms with Crippen molar-refractivity contribution >= 4 is 13.3 Å². The normalized spacial score (nSPS) is 13.0. The monoisotopic (exact) mass is 134 g/mol. The van der Waals surface area contributed by atoms with Crippen LogP contribution < -0.4 is 5.46 Å². The zero-order chi connectivity index (χ0) is 7.56. The van der Waals surface area contributed by atoms with Gasteiger partial charge in [-0.1, -0.05) is 29.7 Å². The second-order valence-corrected chi connectivity index (χ2v) is 2.59. The third-order valence-electron chi connectivity index (χ3n) is 1.56. The van der Waals surface area contributed by atoms with E-state index in [1.165, 1.54) is 5.46 Å². The van der Waals surface area contributed by atoms with Crippen LogP contribution >= 0.6 is 0 Å². The van der Waals surface area contributed by atoms with Crippen molar-refractivity contribution in [3.8, 4) is 0 Å². The number of hydrogen-bond acceptors (Lipinski definition) is 1. The second-order valence-electron chi connectivity index (χ2n) is 2.59. The first-order valence-corrected chi connectivity index (χ1v) is 3.45. The van der Waals surface area contributed by atoms with Crippen molar-refractivity contribution in [3.63, 3.8) is 0 Å². The molecule has 1 nitrogen and oxygen atoms in total. The van der Waals surface area contributed by atoms with Gasteiger partial charge < -0.3 is 5.11 Å².